The lowest BCUT2D eigenvalue weighted by atomic mass is 9.86. The summed E-state index contributed by atoms with van der Waals surface area (Å²) in [4.78, 5) is 10.8. The highest BCUT2D eigenvalue weighted by atomic mass is 31.1. The fraction of sp³-hybridized carbons (Fsp3) is 0.400. The molecule has 2 nitrogen and oxygen atoms in total. The molecular weight excluding hydrogens is 183 g/mol. The number of hydrogen-bond donors (Lipinski definition) is 1. The van der Waals surface area contributed by atoms with Gasteiger partial charge < -0.3 is 10.00 Å². The maximum absolute atomic E-state index is 10.8. The minimum atomic E-state index is -1.06. The van der Waals surface area contributed by atoms with E-state index >= 15 is 0 Å². The molecule has 0 aromatic heterocycles. The van der Waals surface area contributed by atoms with Crippen LogP contribution in [0.25, 0.3) is 0 Å². The van der Waals surface area contributed by atoms with Gasteiger partial charge in [0.05, 0.1) is 0 Å². The van der Waals surface area contributed by atoms with Gasteiger partial charge in [-0.15, -0.1) is 0 Å². The van der Waals surface area contributed by atoms with E-state index in [0.717, 1.165) is 5.56 Å². The Labute approximate surface area is 80.5 Å². The zero-order valence-electron chi connectivity index (χ0n) is 8.16. The van der Waals surface area contributed by atoms with E-state index < -0.39 is 8.81 Å². The zero-order valence-corrected chi connectivity index (χ0v) is 9.32. The van der Waals surface area contributed by atoms with E-state index in [-0.39, 0.29) is 11.2 Å². The van der Waals surface area contributed by atoms with Gasteiger partial charge in [-0.05, 0) is 20.3 Å². The van der Waals surface area contributed by atoms with E-state index in [4.69, 9.17) is 0 Å². The molecule has 0 heterocycles. The van der Waals surface area contributed by atoms with Crippen LogP contribution < -0.4 is 10.2 Å². The number of phenolic OH excluding ortho intramolecular Hbond substituents is 1. The fourth-order valence-corrected chi connectivity index (χ4v) is 1.72. The van der Waals surface area contributed by atoms with Gasteiger partial charge in [-0.3, -0.25) is 0 Å². The van der Waals surface area contributed by atoms with Crippen LogP contribution in [-0.4, -0.2) is 5.11 Å². The summed E-state index contributed by atoms with van der Waals surface area (Å²) in [7, 11) is -1.06. The molecular formula is C10H15O2P. The van der Waals surface area contributed by atoms with E-state index in [2.05, 4.69) is 0 Å². The number of phenols is 1. The van der Waals surface area contributed by atoms with Gasteiger partial charge in [-0.2, -0.15) is 0 Å². The van der Waals surface area contributed by atoms with Crippen molar-refractivity contribution in [1.82, 2.24) is 0 Å². The van der Waals surface area contributed by atoms with E-state index in [9.17, 15) is 10.00 Å². The highest BCUT2D eigenvalue weighted by Gasteiger charge is 2.20. The lowest BCUT2D eigenvalue weighted by Crippen LogP contribution is -2.15. The third-order valence-electron chi connectivity index (χ3n) is 2.00. The predicted molar refractivity (Wildman–Crippen MR) is 56.2 cm³/mol. The maximum Gasteiger partial charge on any atom is 0.160 e. The molecule has 13 heavy (non-hydrogen) atoms. The molecule has 1 rings (SSSR count). The van der Waals surface area contributed by atoms with Crippen molar-refractivity contribution in [2.45, 2.75) is 26.2 Å². The van der Waals surface area contributed by atoms with Crippen molar-refractivity contribution in [2.75, 3.05) is 0 Å². The Hall–Kier alpha value is -0.590. The van der Waals surface area contributed by atoms with Gasteiger partial charge in [0.1, 0.15) is 5.30 Å². The number of benzene rings is 1. The molecule has 1 aromatic carbocycles. The summed E-state index contributed by atoms with van der Waals surface area (Å²) >= 11 is 0. The van der Waals surface area contributed by atoms with Crippen LogP contribution in [0.5, 0.6) is 5.75 Å². The van der Waals surface area contributed by atoms with Gasteiger partial charge in [0.25, 0.3) is 0 Å². The first-order chi connectivity index (χ1) is 5.96. The van der Waals surface area contributed by atoms with Crippen molar-refractivity contribution in [3.63, 3.8) is 0 Å². The predicted octanol–water partition coefficient (Wildman–Crippen LogP) is 1.00. The van der Waals surface area contributed by atoms with Crippen LogP contribution in [-0.2, 0) is 5.41 Å². The Bertz CT molecular complexity index is 302. The van der Waals surface area contributed by atoms with E-state index in [1.54, 1.807) is 6.07 Å². The van der Waals surface area contributed by atoms with E-state index in [0.29, 0.717) is 5.30 Å². The third-order valence-corrected chi connectivity index (χ3v) is 2.72. The summed E-state index contributed by atoms with van der Waals surface area (Å²) in [5, 5.41) is 10.3. The smallest absolute Gasteiger partial charge is 0.160 e. The van der Waals surface area contributed by atoms with Gasteiger partial charge in [-0.1, -0.05) is 32.9 Å². The third kappa shape index (κ3) is 2.20. The quantitative estimate of drug-likeness (QED) is 0.684. The average Bonchev–Trinajstić information content (AvgIpc) is 2.02. The van der Waals surface area contributed by atoms with Crippen molar-refractivity contribution in [3.05, 3.63) is 23.8 Å². The van der Waals surface area contributed by atoms with Crippen molar-refractivity contribution in [2.24, 2.45) is 0 Å². The van der Waals surface area contributed by atoms with Gasteiger partial charge in [0, 0.05) is 5.56 Å². The minimum absolute atomic E-state index is 0.102. The summed E-state index contributed by atoms with van der Waals surface area (Å²) in [6.45, 7) is 6.06. The Morgan fingerprint density at radius 3 is 2.38 bits per heavy atom. The lowest BCUT2D eigenvalue weighted by molar-refractivity contribution is -0.147. The Balaban J connectivity index is 3.24. The molecule has 1 unspecified atom stereocenters. The minimum Gasteiger partial charge on any atom is -0.679 e. The molecule has 0 spiro atoms. The maximum atomic E-state index is 10.8. The summed E-state index contributed by atoms with van der Waals surface area (Å²) < 4.78 is 0. The molecule has 1 atom stereocenters. The van der Waals surface area contributed by atoms with Crippen LogP contribution in [0.2, 0.25) is 0 Å². The number of para-hydroxylation sites is 1. The number of aromatic hydroxyl groups is 1. The molecule has 0 fully saturated rings. The molecule has 0 bridgehead atoms. The summed E-state index contributed by atoms with van der Waals surface area (Å²) in [5.74, 6) is 0.194. The standard InChI is InChI=1S/C10H15O2P/c1-10(2,3)7-5-4-6-8(13-12)9(7)11/h4-6,11H,13H2,1-3H3. The van der Waals surface area contributed by atoms with Crippen LogP contribution in [0.4, 0.5) is 0 Å². The summed E-state index contributed by atoms with van der Waals surface area (Å²) in [6.07, 6.45) is 0. The van der Waals surface area contributed by atoms with Crippen LogP contribution in [0.15, 0.2) is 18.2 Å². The highest BCUT2D eigenvalue weighted by Crippen LogP contribution is 2.30. The topological polar surface area (TPSA) is 43.3 Å². The van der Waals surface area contributed by atoms with Gasteiger partial charge in [0.2, 0.25) is 0 Å². The second-order valence-electron chi connectivity index (χ2n) is 4.11. The number of rotatable bonds is 1. The Morgan fingerprint density at radius 1 is 1.31 bits per heavy atom. The first-order valence-corrected chi connectivity index (χ1v) is 5.29. The van der Waals surface area contributed by atoms with Crippen LogP contribution in [0, 0.1) is 0 Å². The SMILES string of the molecule is CC(C)(C)c1cccc([PH2+][O-])c1O. The summed E-state index contributed by atoms with van der Waals surface area (Å²) in [5.41, 5.74) is 0.752. The normalized spacial score (nSPS) is 12.6. The fourth-order valence-electron chi connectivity index (χ4n) is 1.26. The highest BCUT2D eigenvalue weighted by molar-refractivity contribution is 7.39. The van der Waals surface area contributed by atoms with E-state index in [1.165, 1.54) is 0 Å². The molecule has 0 aliphatic heterocycles. The summed E-state index contributed by atoms with van der Waals surface area (Å²) in [6, 6.07) is 5.40. The van der Waals surface area contributed by atoms with Crippen molar-refractivity contribution < 1.29 is 10.00 Å². The Morgan fingerprint density at radius 2 is 1.92 bits per heavy atom. The molecule has 3 heteroatoms. The first kappa shape index (κ1) is 10.5. The molecule has 72 valence electrons. The molecule has 0 radical (unpaired) electrons. The lowest BCUT2D eigenvalue weighted by Gasteiger charge is -2.20. The largest absolute Gasteiger partial charge is 0.679 e. The van der Waals surface area contributed by atoms with Gasteiger partial charge >= 0.3 is 0 Å². The van der Waals surface area contributed by atoms with Gasteiger partial charge in [0.15, 0.2) is 5.75 Å². The molecule has 0 saturated carbocycles. The molecule has 1 N–H and O–H groups in total. The van der Waals surface area contributed by atoms with Crippen LogP contribution in [0.3, 0.4) is 0 Å². The van der Waals surface area contributed by atoms with E-state index in [1.807, 2.05) is 32.9 Å². The Kier molecular flexibility index (Phi) is 2.94. The zero-order chi connectivity index (χ0) is 10.1. The van der Waals surface area contributed by atoms with Crippen LogP contribution >= 0.6 is 8.81 Å². The van der Waals surface area contributed by atoms with Gasteiger partial charge in [-0.25, -0.2) is 0 Å². The van der Waals surface area contributed by atoms with Crippen molar-refractivity contribution in [3.8, 4) is 5.75 Å². The average molecular weight is 198 g/mol. The monoisotopic (exact) mass is 198 g/mol. The van der Waals surface area contributed by atoms with Crippen molar-refractivity contribution >= 4 is 14.1 Å². The number of hydrogen-bond acceptors (Lipinski definition) is 2. The first-order valence-electron chi connectivity index (χ1n) is 4.24. The molecule has 1 aromatic rings. The second kappa shape index (κ2) is 3.65. The second-order valence-corrected chi connectivity index (χ2v) is 4.97. The molecule has 0 saturated heterocycles. The molecule has 0 aliphatic carbocycles. The van der Waals surface area contributed by atoms with Crippen LogP contribution in [0.1, 0.15) is 26.3 Å². The van der Waals surface area contributed by atoms with Crippen molar-refractivity contribution in [1.29, 1.82) is 0 Å². The molecule has 0 aliphatic rings. The molecule has 0 amide bonds.